The van der Waals surface area contributed by atoms with Crippen molar-refractivity contribution in [1.82, 2.24) is 0 Å². The Balaban J connectivity index is 1.86. The average molecular weight is 169 g/mol. The zero-order valence-corrected chi connectivity index (χ0v) is 8.10. The fourth-order valence-corrected chi connectivity index (χ4v) is 1.93. The van der Waals surface area contributed by atoms with Crippen molar-refractivity contribution in [1.29, 1.82) is 0 Å². The molecule has 0 unspecified atom stereocenters. The number of ether oxygens (including phenoxy) is 1. The summed E-state index contributed by atoms with van der Waals surface area (Å²) in [4.78, 5) is 0. The van der Waals surface area contributed by atoms with Gasteiger partial charge in [-0.1, -0.05) is 0 Å². The Kier molecular flexibility index (Phi) is 1.74. The number of hydrogen-bond donors (Lipinski definition) is 1. The van der Waals surface area contributed by atoms with Crippen LogP contribution in [-0.2, 0) is 4.74 Å². The molecular formula is C10H19NO. The van der Waals surface area contributed by atoms with E-state index in [9.17, 15) is 0 Å². The molecular weight excluding hydrogens is 150 g/mol. The van der Waals surface area contributed by atoms with Crippen LogP contribution in [0.5, 0.6) is 0 Å². The van der Waals surface area contributed by atoms with E-state index in [2.05, 4.69) is 13.8 Å². The van der Waals surface area contributed by atoms with Gasteiger partial charge >= 0.3 is 0 Å². The van der Waals surface area contributed by atoms with Crippen molar-refractivity contribution in [2.24, 2.45) is 11.1 Å². The highest BCUT2D eigenvalue weighted by Gasteiger charge is 2.63. The SMILES string of the molecule is CC(C)OCC1(C2(N)CC2)CC1. The molecule has 2 N–H and O–H groups in total. The highest BCUT2D eigenvalue weighted by molar-refractivity contribution is 5.19. The highest BCUT2D eigenvalue weighted by atomic mass is 16.5. The first-order chi connectivity index (χ1) is 5.58. The molecule has 0 aromatic carbocycles. The topological polar surface area (TPSA) is 35.2 Å². The molecule has 0 radical (unpaired) electrons. The van der Waals surface area contributed by atoms with E-state index in [1.54, 1.807) is 0 Å². The van der Waals surface area contributed by atoms with Gasteiger partial charge in [-0.15, -0.1) is 0 Å². The zero-order valence-electron chi connectivity index (χ0n) is 8.10. The van der Waals surface area contributed by atoms with E-state index in [4.69, 9.17) is 10.5 Å². The Labute approximate surface area is 74.5 Å². The van der Waals surface area contributed by atoms with Crippen LogP contribution in [-0.4, -0.2) is 18.2 Å². The normalized spacial score (nSPS) is 29.0. The standard InChI is InChI=1S/C10H19NO/c1-8(2)12-7-9(3-4-9)10(11)5-6-10/h8H,3-7,11H2,1-2H3. The predicted molar refractivity (Wildman–Crippen MR) is 48.9 cm³/mol. The summed E-state index contributed by atoms with van der Waals surface area (Å²) in [5.74, 6) is 0. The summed E-state index contributed by atoms with van der Waals surface area (Å²) in [5.41, 5.74) is 6.75. The van der Waals surface area contributed by atoms with Gasteiger partial charge in [-0.05, 0) is 39.5 Å². The minimum Gasteiger partial charge on any atom is -0.378 e. The first-order valence-electron chi connectivity index (χ1n) is 4.99. The van der Waals surface area contributed by atoms with Crippen LogP contribution in [0.2, 0.25) is 0 Å². The van der Waals surface area contributed by atoms with E-state index in [1.807, 2.05) is 0 Å². The molecule has 70 valence electrons. The molecule has 2 aliphatic carbocycles. The molecule has 12 heavy (non-hydrogen) atoms. The summed E-state index contributed by atoms with van der Waals surface area (Å²) in [6.07, 6.45) is 5.36. The molecule has 0 bridgehead atoms. The second-order valence-electron chi connectivity index (χ2n) is 4.80. The molecule has 2 heteroatoms. The molecule has 0 aromatic rings. The Bertz CT molecular complexity index is 180. The smallest absolute Gasteiger partial charge is 0.0543 e. The third kappa shape index (κ3) is 1.27. The van der Waals surface area contributed by atoms with Crippen LogP contribution in [0.15, 0.2) is 0 Å². The molecule has 2 rings (SSSR count). The Morgan fingerprint density at radius 2 is 1.83 bits per heavy atom. The van der Waals surface area contributed by atoms with Gasteiger partial charge in [0.1, 0.15) is 0 Å². The molecule has 0 amide bonds. The lowest BCUT2D eigenvalue weighted by atomic mass is 9.96. The second-order valence-corrected chi connectivity index (χ2v) is 4.80. The molecule has 2 aliphatic rings. The number of nitrogens with two attached hydrogens (primary N) is 1. The molecule has 0 spiro atoms. The number of hydrogen-bond acceptors (Lipinski definition) is 2. The Morgan fingerprint density at radius 3 is 2.17 bits per heavy atom. The van der Waals surface area contributed by atoms with Gasteiger partial charge in [0.25, 0.3) is 0 Å². The fourth-order valence-electron chi connectivity index (χ4n) is 1.93. The minimum atomic E-state index is 0.169. The van der Waals surface area contributed by atoms with Gasteiger partial charge in [0.2, 0.25) is 0 Å². The highest BCUT2D eigenvalue weighted by Crippen LogP contribution is 2.62. The molecule has 2 fully saturated rings. The average Bonchev–Trinajstić information content (AvgIpc) is 2.80. The maximum atomic E-state index is 6.19. The summed E-state index contributed by atoms with van der Waals surface area (Å²) in [6.45, 7) is 5.07. The molecule has 2 nitrogen and oxygen atoms in total. The van der Waals surface area contributed by atoms with E-state index in [0.717, 1.165) is 6.61 Å². The van der Waals surface area contributed by atoms with E-state index >= 15 is 0 Å². The van der Waals surface area contributed by atoms with E-state index in [1.165, 1.54) is 25.7 Å². The molecule has 0 atom stereocenters. The minimum absolute atomic E-state index is 0.169. The lowest BCUT2D eigenvalue weighted by Gasteiger charge is -2.23. The maximum Gasteiger partial charge on any atom is 0.0543 e. The summed E-state index contributed by atoms with van der Waals surface area (Å²) in [6, 6.07) is 0. The Morgan fingerprint density at radius 1 is 1.25 bits per heavy atom. The van der Waals surface area contributed by atoms with Gasteiger partial charge < -0.3 is 10.5 Å². The van der Waals surface area contributed by atoms with Gasteiger partial charge in [-0.3, -0.25) is 0 Å². The molecule has 0 heterocycles. The molecule has 0 saturated heterocycles. The van der Waals surface area contributed by atoms with Crippen LogP contribution in [0.1, 0.15) is 39.5 Å². The van der Waals surface area contributed by atoms with Crippen LogP contribution >= 0.6 is 0 Å². The van der Waals surface area contributed by atoms with Crippen LogP contribution in [0.4, 0.5) is 0 Å². The van der Waals surface area contributed by atoms with Gasteiger partial charge in [0, 0.05) is 11.0 Å². The van der Waals surface area contributed by atoms with Crippen molar-refractivity contribution in [3.63, 3.8) is 0 Å². The van der Waals surface area contributed by atoms with Crippen LogP contribution in [0.3, 0.4) is 0 Å². The van der Waals surface area contributed by atoms with Gasteiger partial charge in [0.15, 0.2) is 0 Å². The largest absolute Gasteiger partial charge is 0.378 e. The molecule has 0 aromatic heterocycles. The van der Waals surface area contributed by atoms with Crippen molar-refractivity contribution >= 4 is 0 Å². The van der Waals surface area contributed by atoms with Crippen LogP contribution < -0.4 is 5.73 Å². The summed E-state index contributed by atoms with van der Waals surface area (Å²) in [7, 11) is 0. The van der Waals surface area contributed by atoms with Crippen molar-refractivity contribution in [2.75, 3.05) is 6.61 Å². The Hall–Kier alpha value is -0.0800. The third-order valence-electron chi connectivity index (χ3n) is 3.39. The van der Waals surface area contributed by atoms with Crippen molar-refractivity contribution in [3.8, 4) is 0 Å². The second kappa shape index (κ2) is 2.46. The summed E-state index contributed by atoms with van der Waals surface area (Å²) in [5, 5.41) is 0. The first-order valence-corrected chi connectivity index (χ1v) is 4.99. The monoisotopic (exact) mass is 169 g/mol. The summed E-state index contributed by atoms with van der Waals surface area (Å²) < 4.78 is 5.66. The number of rotatable bonds is 4. The van der Waals surface area contributed by atoms with Crippen molar-refractivity contribution in [2.45, 2.75) is 51.2 Å². The zero-order chi connectivity index (χ0) is 8.82. The van der Waals surface area contributed by atoms with Gasteiger partial charge in [0.05, 0.1) is 12.7 Å². The molecule has 2 saturated carbocycles. The van der Waals surface area contributed by atoms with Crippen molar-refractivity contribution < 1.29 is 4.74 Å². The first kappa shape index (κ1) is 8.52. The lowest BCUT2D eigenvalue weighted by molar-refractivity contribution is 0.0326. The van der Waals surface area contributed by atoms with E-state index < -0.39 is 0 Å². The predicted octanol–water partition coefficient (Wildman–Crippen LogP) is 1.68. The van der Waals surface area contributed by atoms with E-state index in [-0.39, 0.29) is 5.54 Å². The van der Waals surface area contributed by atoms with Gasteiger partial charge in [-0.2, -0.15) is 0 Å². The lowest BCUT2D eigenvalue weighted by Crippen LogP contribution is -2.37. The third-order valence-corrected chi connectivity index (χ3v) is 3.39. The maximum absolute atomic E-state index is 6.19. The molecule has 0 aliphatic heterocycles. The van der Waals surface area contributed by atoms with Crippen molar-refractivity contribution in [3.05, 3.63) is 0 Å². The van der Waals surface area contributed by atoms with Crippen LogP contribution in [0.25, 0.3) is 0 Å². The van der Waals surface area contributed by atoms with E-state index in [0.29, 0.717) is 11.5 Å². The van der Waals surface area contributed by atoms with Crippen LogP contribution in [0, 0.1) is 5.41 Å². The van der Waals surface area contributed by atoms with Gasteiger partial charge in [-0.25, -0.2) is 0 Å². The fraction of sp³-hybridized carbons (Fsp3) is 1.00. The quantitative estimate of drug-likeness (QED) is 0.695. The summed E-state index contributed by atoms with van der Waals surface area (Å²) >= 11 is 0.